The fourth-order valence-electron chi connectivity index (χ4n) is 2.07. The molecule has 1 unspecified atom stereocenters. The van der Waals surface area contributed by atoms with Gasteiger partial charge in [-0.2, -0.15) is 0 Å². The molecule has 1 N–H and O–H groups in total. The van der Waals surface area contributed by atoms with E-state index < -0.39 is 29.5 Å². The van der Waals surface area contributed by atoms with Crippen molar-refractivity contribution >= 4 is 12.2 Å². The molecule has 0 saturated heterocycles. The molecule has 0 saturated carbocycles. The van der Waals surface area contributed by atoms with Gasteiger partial charge in [0.05, 0.1) is 11.8 Å². The van der Waals surface area contributed by atoms with Crippen molar-refractivity contribution in [2.75, 3.05) is 0 Å². The van der Waals surface area contributed by atoms with Crippen molar-refractivity contribution in [3.63, 3.8) is 0 Å². The zero-order valence-electron chi connectivity index (χ0n) is 16.1. The van der Waals surface area contributed by atoms with Gasteiger partial charge in [0.25, 0.3) is 0 Å². The smallest absolute Gasteiger partial charge is 0.512 e. The second kappa shape index (κ2) is 7.80. The molecule has 0 bridgehead atoms. The average molecular weight is 355 g/mol. The van der Waals surface area contributed by atoms with Crippen molar-refractivity contribution in [2.24, 2.45) is 0 Å². The first-order valence-corrected chi connectivity index (χ1v) is 8.30. The molecule has 25 heavy (non-hydrogen) atoms. The molecule has 0 aromatic rings. The Bertz CT molecular complexity index is 565. The zero-order chi connectivity index (χ0) is 19.4. The lowest BCUT2D eigenvalue weighted by Gasteiger charge is -2.32. The first-order chi connectivity index (χ1) is 11.3. The van der Waals surface area contributed by atoms with Crippen LogP contribution in [0.5, 0.6) is 0 Å². The van der Waals surface area contributed by atoms with E-state index in [0.29, 0.717) is 12.8 Å². The molecule has 0 aromatic heterocycles. The molecule has 7 heteroatoms. The number of nitrogens with zero attached hydrogens (tertiary/aromatic N) is 1. The second-order valence-electron chi connectivity index (χ2n) is 7.94. The summed E-state index contributed by atoms with van der Waals surface area (Å²) in [6.07, 6.45) is 2.51. The van der Waals surface area contributed by atoms with Crippen molar-refractivity contribution in [3.05, 3.63) is 23.5 Å². The van der Waals surface area contributed by atoms with E-state index in [2.05, 4.69) is 0 Å². The van der Waals surface area contributed by atoms with Crippen LogP contribution in [-0.2, 0) is 14.3 Å². The van der Waals surface area contributed by atoms with E-state index in [-0.39, 0.29) is 5.76 Å². The molecule has 0 heterocycles. The third kappa shape index (κ3) is 7.49. The third-order valence-electron chi connectivity index (χ3n) is 3.18. The lowest BCUT2D eigenvalue weighted by Crippen LogP contribution is -2.45. The zero-order valence-corrected chi connectivity index (χ0v) is 16.1. The summed E-state index contributed by atoms with van der Waals surface area (Å²) in [6, 6.07) is -0.563. The molecule has 0 fully saturated rings. The third-order valence-corrected chi connectivity index (χ3v) is 3.18. The van der Waals surface area contributed by atoms with Crippen LogP contribution in [-0.4, -0.2) is 39.7 Å². The maximum atomic E-state index is 12.5. The van der Waals surface area contributed by atoms with E-state index in [1.54, 1.807) is 60.6 Å². The number of carbonyl (C=O) groups is 2. The predicted molar refractivity (Wildman–Crippen MR) is 92.9 cm³/mol. The minimum Gasteiger partial charge on any atom is -0.512 e. The number of carbonyl (C=O) groups excluding carboxylic acids is 2. The number of hydrogen-bond acceptors (Lipinski definition) is 6. The molecule has 0 aromatic carbocycles. The Hall–Kier alpha value is -2.18. The van der Waals surface area contributed by atoms with Crippen LogP contribution in [0.2, 0.25) is 0 Å². The number of aliphatic hydroxyl groups excluding tert-OH is 1. The number of rotatable bonds is 2. The molecule has 0 radical (unpaired) electrons. The van der Waals surface area contributed by atoms with Gasteiger partial charge < -0.3 is 14.6 Å². The largest absolute Gasteiger partial charge is 0.534 e. The first kappa shape index (κ1) is 20.9. The van der Waals surface area contributed by atoms with E-state index in [1.807, 2.05) is 0 Å². The normalized spacial score (nSPS) is 16.3. The van der Waals surface area contributed by atoms with Crippen molar-refractivity contribution < 1.29 is 29.0 Å². The molecular formula is C18H29NO6. The Morgan fingerprint density at radius 3 is 2.04 bits per heavy atom. The van der Waals surface area contributed by atoms with Crippen LogP contribution in [0, 0.1) is 0 Å². The van der Waals surface area contributed by atoms with E-state index in [9.17, 15) is 14.7 Å². The SMILES string of the molecule is CC(C1=CC=C(O)CC1)N(OC(=O)OC(C)(C)C)C(=O)OC(C)(C)C. The average Bonchev–Trinajstić information content (AvgIpc) is 2.41. The second-order valence-corrected chi connectivity index (χ2v) is 7.94. The van der Waals surface area contributed by atoms with Crippen molar-refractivity contribution in [1.29, 1.82) is 0 Å². The number of aliphatic hydroxyl groups is 1. The molecule has 1 amide bonds. The topological polar surface area (TPSA) is 85.3 Å². The van der Waals surface area contributed by atoms with Crippen molar-refractivity contribution in [2.45, 2.75) is 78.6 Å². The van der Waals surface area contributed by atoms with Crippen LogP contribution in [0.4, 0.5) is 9.59 Å². The van der Waals surface area contributed by atoms with Gasteiger partial charge in [-0.3, -0.25) is 4.84 Å². The summed E-state index contributed by atoms with van der Waals surface area (Å²) in [7, 11) is 0. The summed E-state index contributed by atoms with van der Waals surface area (Å²) < 4.78 is 10.4. The Kier molecular flexibility index (Phi) is 6.51. The van der Waals surface area contributed by atoms with Crippen LogP contribution < -0.4 is 0 Å². The number of allylic oxidation sites excluding steroid dienone is 3. The van der Waals surface area contributed by atoms with Crippen LogP contribution in [0.15, 0.2) is 23.5 Å². The van der Waals surface area contributed by atoms with E-state index >= 15 is 0 Å². The van der Waals surface area contributed by atoms with Gasteiger partial charge in [0.1, 0.15) is 11.2 Å². The maximum Gasteiger partial charge on any atom is 0.534 e. The first-order valence-electron chi connectivity index (χ1n) is 8.30. The van der Waals surface area contributed by atoms with Gasteiger partial charge >= 0.3 is 12.2 Å². The predicted octanol–water partition coefficient (Wildman–Crippen LogP) is 4.64. The quantitative estimate of drug-likeness (QED) is 0.574. The highest BCUT2D eigenvalue weighted by atomic mass is 16.8. The Morgan fingerprint density at radius 1 is 1.04 bits per heavy atom. The van der Waals surface area contributed by atoms with Gasteiger partial charge in [0.2, 0.25) is 0 Å². The summed E-state index contributed by atoms with van der Waals surface area (Å²) in [4.78, 5) is 29.7. The van der Waals surface area contributed by atoms with E-state index in [1.165, 1.54) is 0 Å². The fraction of sp³-hybridized carbons (Fsp3) is 0.667. The van der Waals surface area contributed by atoms with Crippen LogP contribution in [0.25, 0.3) is 0 Å². The Balaban J connectivity index is 2.98. The number of ether oxygens (including phenoxy) is 2. The number of hydroxylamine groups is 2. The summed E-state index contributed by atoms with van der Waals surface area (Å²) >= 11 is 0. The number of amides is 1. The highest BCUT2D eigenvalue weighted by molar-refractivity contribution is 5.71. The minimum absolute atomic E-state index is 0.271. The minimum atomic E-state index is -0.986. The number of hydrogen-bond donors (Lipinski definition) is 1. The van der Waals surface area contributed by atoms with Crippen LogP contribution in [0.3, 0.4) is 0 Å². The maximum absolute atomic E-state index is 12.5. The molecular weight excluding hydrogens is 326 g/mol. The summed E-state index contributed by atoms with van der Waals surface area (Å²) in [6.45, 7) is 12.0. The van der Waals surface area contributed by atoms with Gasteiger partial charge in [-0.1, -0.05) is 6.08 Å². The van der Waals surface area contributed by atoms with Gasteiger partial charge in [-0.25, -0.2) is 9.59 Å². The van der Waals surface area contributed by atoms with Crippen LogP contribution in [0.1, 0.15) is 61.3 Å². The van der Waals surface area contributed by atoms with E-state index in [4.69, 9.17) is 14.3 Å². The molecule has 7 nitrogen and oxygen atoms in total. The van der Waals surface area contributed by atoms with Gasteiger partial charge in [0, 0.05) is 6.42 Å². The Labute approximate surface area is 149 Å². The molecule has 1 aliphatic carbocycles. The van der Waals surface area contributed by atoms with Gasteiger partial charge in [-0.05, 0) is 66.5 Å². The molecule has 1 atom stereocenters. The van der Waals surface area contributed by atoms with Crippen molar-refractivity contribution in [3.8, 4) is 0 Å². The van der Waals surface area contributed by atoms with Crippen LogP contribution >= 0.6 is 0 Å². The molecule has 0 aliphatic heterocycles. The molecule has 0 spiro atoms. The molecule has 1 rings (SSSR count). The summed E-state index contributed by atoms with van der Waals surface area (Å²) in [5, 5.41) is 10.4. The lowest BCUT2D eigenvalue weighted by atomic mass is 9.98. The van der Waals surface area contributed by atoms with Gasteiger partial charge in [0.15, 0.2) is 0 Å². The molecule has 1 aliphatic rings. The Morgan fingerprint density at radius 2 is 1.60 bits per heavy atom. The van der Waals surface area contributed by atoms with Crippen molar-refractivity contribution in [1.82, 2.24) is 5.06 Å². The standard InChI is InChI=1S/C18H29NO6/c1-12(13-8-10-14(20)11-9-13)19(15(21)23-17(2,3)4)25-16(22)24-18(5,6)7/h8,10,12,20H,9,11H2,1-7H3. The monoisotopic (exact) mass is 355 g/mol. The highest BCUT2D eigenvalue weighted by Gasteiger charge is 2.33. The summed E-state index contributed by atoms with van der Waals surface area (Å²) in [5.41, 5.74) is -0.670. The highest BCUT2D eigenvalue weighted by Crippen LogP contribution is 2.25. The van der Waals surface area contributed by atoms with Gasteiger partial charge in [-0.15, -0.1) is 5.06 Å². The lowest BCUT2D eigenvalue weighted by molar-refractivity contribution is -0.147. The molecule has 142 valence electrons. The van der Waals surface area contributed by atoms with E-state index in [0.717, 1.165) is 10.6 Å². The fourth-order valence-corrected chi connectivity index (χ4v) is 2.07. The summed E-state index contributed by atoms with van der Waals surface area (Å²) in [5.74, 6) is 0.271.